The highest BCUT2D eigenvalue weighted by Gasteiger charge is 2.15. The molecule has 1 aromatic carbocycles. The number of thiophene rings is 1. The average Bonchev–Trinajstić information content (AvgIpc) is 3.20. The Bertz CT molecular complexity index is 851. The minimum atomic E-state index is 0.522. The maximum absolute atomic E-state index is 5.28. The van der Waals surface area contributed by atoms with Crippen LogP contribution in [0, 0.1) is 6.92 Å². The second-order valence-corrected chi connectivity index (χ2v) is 7.33. The molecule has 0 atom stereocenters. The fraction of sp³-hybridized carbons (Fsp3) is 0.176. The summed E-state index contributed by atoms with van der Waals surface area (Å²) in [5.74, 6) is 0.830. The second-order valence-electron chi connectivity index (χ2n) is 4.84. The van der Waals surface area contributed by atoms with Crippen molar-refractivity contribution in [1.82, 2.24) is 4.98 Å². The number of hydrogen-bond acceptors (Lipinski definition) is 6. The summed E-state index contributed by atoms with van der Waals surface area (Å²) in [6.07, 6.45) is 0. The van der Waals surface area contributed by atoms with Gasteiger partial charge in [-0.25, -0.2) is 4.98 Å². The molecule has 0 N–H and O–H groups in total. The third-order valence-electron chi connectivity index (χ3n) is 3.40. The minimum absolute atomic E-state index is 0.522. The van der Waals surface area contributed by atoms with Crippen molar-refractivity contribution in [2.24, 2.45) is 0 Å². The number of thiazole rings is 1. The van der Waals surface area contributed by atoms with Gasteiger partial charge in [0.25, 0.3) is 0 Å². The smallest absolute Gasteiger partial charge is 0.201 e. The summed E-state index contributed by atoms with van der Waals surface area (Å²) in [4.78, 5) is 6.92. The zero-order valence-electron chi connectivity index (χ0n) is 13.0. The number of ether oxygens (including phenoxy) is 2. The zero-order valence-corrected chi connectivity index (χ0v) is 15.4. The fourth-order valence-corrected chi connectivity index (χ4v) is 4.30. The molecule has 0 fully saturated rings. The van der Waals surface area contributed by atoms with Gasteiger partial charge in [0.05, 0.1) is 24.8 Å². The summed E-state index contributed by atoms with van der Waals surface area (Å²) in [5, 5.41) is 3.57. The third kappa shape index (κ3) is 3.29. The molecule has 2 heterocycles. The molecule has 23 heavy (non-hydrogen) atoms. The lowest BCUT2D eigenvalue weighted by molar-refractivity contribution is 0.415. The molecule has 0 unspecified atom stereocenters. The first-order valence-electron chi connectivity index (χ1n) is 6.91. The number of nitrogens with zero attached hydrogens (tertiary/aromatic N) is 1. The quantitative estimate of drug-likeness (QED) is 0.599. The van der Waals surface area contributed by atoms with Crippen LogP contribution in [-0.4, -0.2) is 24.3 Å². The van der Waals surface area contributed by atoms with Gasteiger partial charge in [-0.05, 0) is 37.3 Å². The highest BCUT2D eigenvalue weighted by molar-refractivity contribution is 7.80. The van der Waals surface area contributed by atoms with Crippen LogP contribution in [0.1, 0.15) is 9.75 Å². The van der Waals surface area contributed by atoms with E-state index in [1.807, 2.05) is 24.3 Å². The molecule has 0 radical (unpaired) electrons. The van der Waals surface area contributed by atoms with E-state index in [1.165, 1.54) is 4.88 Å². The highest BCUT2D eigenvalue weighted by atomic mass is 32.1. The Hall–Kier alpha value is -1.76. The van der Waals surface area contributed by atoms with E-state index >= 15 is 0 Å². The molecule has 118 valence electrons. The van der Waals surface area contributed by atoms with Crippen LogP contribution < -0.4 is 4.74 Å². The van der Waals surface area contributed by atoms with Crippen LogP contribution in [0.25, 0.3) is 21.8 Å². The lowest BCUT2D eigenvalue weighted by Crippen LogP contribution is -1.94. The number of benzene rings is 1. The van der Waals surface area contributed by atoms with Gasteiger partial charge < -0.3 is 9.47 Å². The van der Waals surface area contributed by atoms with Gasteiger partial charge in [-0.2, -0.15) is 0 Å². The standard InChI is InChI=1S/C17H15NO2S3/c1-10-13(8-15(23-10)17(21)20-3)16-18-14(9-22-16)11-5-4-6-12(7-11)19-2/h4-9H,1-3H3. The van der Waals surface area contributed by atoms with E-state index in [9.17, 15) is 0 Å². The maximum atomic E-state index is 5.28. The van der Waals surface area contributed by atoms with Crippen LogP contribution in [-0.2, 0) is 4.74 Å². The first-order valence-corrected chi connectivity index (χ1v) is 9.02. The number of rotatable bonds is 4. The number of methoxy groups -OCH3 is 2. The molecule has 0 saturated carbocycles. The summed E-state index contributed by atoms with van der Waals surface area (Å²) in [7, 11) is 3.27. The third-order valence-corrected chi connectivity index (χ3v) is 5.85. The molecule has 0 aliphatic carbocycles. The van der Waals surface area contributed by atoms with Gasteiger partial charge >= 0.3 is 0 Å². The van der Waals surface area contributed by atoms with E-state index in [-0.39, 0.29) is 0 Å². The fourth-order valence-electron chi connectivity index (χ4n) is 2.21. The summed E-state index contributed by atoms with van der Waals surface area (Å²) in [6, 6.07) is 9.98. The van der Waals surface area contributed by atoms with Crippen LogP contribution in [0.5, 0.6) is 5.75 Å². The SMILES string of the molecule is COC(=S)c1cc(-c2nc(-c3cccc(OC)c3)cs2)c(C)s1. The van der Waals surface area contributed by atoms with E-state index < -0.39 is 0 Å². The van der Waals surface area contributed by atoms with Crippen molar-refractivity contribution in [3.05, 3.63) is 45.5 Å². The Morgan fingerprint density at radius 3 is 2.78 bits per heavy atom. The zero-order chi connectivity index (χ0) is 16.4. The predicted octanol–water partition coefficient (Wildman–Crippen LogP) is 5.18. The van der Waals surface area contributed by atoms with Crippen LogP contribution in [0.2, 0.25) is 0 Å². The van der Waals surface area contributed by atoms with Gasteiger partial charge in [-0.15, -0.1) is 22.7 Å². The minimum Gasteiger partial charge on any atom is -0.497 e. The molecule has 0 aliphatic rings. The van der Waals surface area contributed by atoms with Gasteiger partial charge in [0, 0.05) is 21.4 Å². The summed E-state index contributed by atoms with van der Waals surface area (Å²) < 4.78 is 10.4. The van der Waals surface area contributed by atoms with E-state index in [4.69, 9.17) is 26.7 Å². The number of hydrogen-bond donors (Lipinski definition) is 0. The first kappa shape index (κ1) is 16.1. The van der Waals surface area contributed by atoms with Crippen molar-refractivity contribution < 1.29 is 9.47 Å². The Balaban J connectivity index is 1.96. The summed E-state index contributed by atoms with van der Waals surface area (Å²) in [6.45, 7) is 2.08. The average molecular weight is 362 g/mol. The van der Waals surface area contributed by atoms with Crippen molar-refractivity contribution in [1.29, 1.82) is 0 Å². The molecule has 2 aromatic heterocycles. The molecule has 6 heteroatoms. The topological polar surface area (TPSA) is 31.4 Å². The molecular formula is C17H15NO2S3. The van der Waals surface area contributed by atoms with Crippen molar-refractivity contribution in [2.75, 3.05) is 14.2 Å². The van der Waals surface area contributed by atoms with Gasteiger partial charge in [0.15, 0.2) is 0 Å². The summed E-state index contributed by atoms with van der Waals surface area (Å²) in [5.41, 5.74) is 3.11. The summed E-state index contributed by atoms with van der Waals surface area (Å²) >= 11 is 8.47. The monoisotopic (exact) mass is 361 g/mol. The van der Waals surface area contributed by atoms with Crippen LogP contribution in [0.3, 0.4) is 0 Å². The second kappa shape index (κ2) is 6.78. The molecule has 3 rings (SSSR count). The number of aromatic nitrogens is 1. The van der Waals surface area contributed by atoms with Gasteiger partial charge in [-0.1, -0.05) is 12.1 Å². The van der Waals surface area contributed by atoms with E-state index in [0.29, 0.717) is 5.05 Å². The Labute approximate surface area is 148 Å². The van der Waals surface area contributed by atoms with Gasteiger partial charge in [0.2, 0.25) is 5.05 Å². The van der Waals surface area contributed by atoms with Gasteiger partial charge in [0.1, 0.15) is 10.8 Å². The van der Waals surface area contributed by atoms with E-state index in [2.05, 4.69) is 18.4 Å². The predicted molar refractivity (Wildman–Crippen MR) is 101 cm³/mol. The van der Waals surface area contributed by atoms with E-state index in [1.54, 1.807) is 36.9 Å². The van der Waals surface area contributed by atoms with Crippen LogP contribution in [0.4, 0.5) is 0 Å². The normalized spacial score (nSPS) is 10.6. The maximum Gasteiger partial charge on any atom is 0.201 e. The van der Waals surface area contributed by atoms with Gasteiger partial charge in [-0.3, -0.25) is 0 Å². The molecule has 0 aliphatic heterocycles. The Morgan fingerprint density at radius 2 is 2.04 bits per heavy atom. The number of thiocarbonyl (C=S) groups is 1. The lowest BCUT2D eigenvalue weighted by Gasteiger charge is -2.01. The molecule has 0 bridgehead atoms. The number of aryl methyl sites for hydroxylation is 1. The molecular weight excluding hydrogens is 346 g/mol. The Kier molecular flexibility index (Phi) is 4.75. The van der Waals surface area contributed by atoms with E-state index in [0.717, 1.165) is 32.5 Å². The largest absolute Gasteiger partial charge is 0.497 e. The van der Waals surface area contributed by atoms with Crippen molar-refractivity contribution >= 4 is 39.9 Å². The molecule has 0 spiro atoms. The first-order chi connectivity index (χ1) is 11.1. The molecule has 3 nitrogen and oxygen atoms in total. The molecule has 0 amide bonds. The van der Waals surface area contributed by atoms with Crippen LogP contribution in [0.15, 0.2) is 35.7 Å². The molecule has 3 aromatic rings. The highest BCUT2D eigenvalue weighted by Crippen LogP contribution is 2.36. The van der Waals surface area contributed by atoms with Crippen molar-refractivity contribution in [3.63, 3.8) is 0 Å². The molecule has 0 saturated heterocycles. The lowest BCUT2D eigenvalue weighted by atomic mass is 10.1. The van der Waals surface area contributed by atoms with Crippen molar-refractivity contribution in [2.45, 2.75) is 6.92 Å². The Morgan fingerprint density at radius 1 is 1.22 bits per heavy atom. The van der Waals surface area contributed by atoms with Crippen molar-refractivity contribution in [3.8, 4) is 27.6 Å². The van der Waals surface area contributed by atoms with Crippen LogP contribution >= 0.6 is 34.9 Å².